The van der Waals surface area contributed by atoms with Crippen molar-refractivity contribution in [2.75, 3.05) is 18.4 Å². The van der Waals surface area contributed by atoms with E-state index >= 15 is 0 Å². The molecule has 24 heavy (non-hydrogen) atoms. The lowest BCUT2D eigenvalue weighted by molar-refractivity contribution is -0.118. The molecule has 1 amide bonds. The lowest BCUT2D eigenvalue weighted by atomic mass is 10.0. The Morgan fingerprint density at radius 1 is 1.08 bits per heavy atom. The minimum Gasteiger partial charge on any atom is -0.457 e. The van der Waals surface area contributed by atoms with Gasteiger partial charge in [0.15, 0.2) is 0 Å². The SMILES string of the molecule is C[C@@H]1CCCCN1CC(=O)Nc1ccc(Oc2ccccc2)cc1. The van der Waals surface area contributed by atoms with Gasteiger partial charge in [0.05, 0.1) is 6.54 Å². The van der Waals surface area contributed by atoms with Crippen molar-refractivity contribution < 1.29 is 9.53 Å². The number of para-hydroxylation sites is 1. The van der Waals surface area contributed by atoms with Gasteiger partial charge >= 0.3 is 0 Å². The summed E-state index contributed by atoms with van der Waals surface area (Å²) in [5, 5.41) is 2.96. The summed E-state index contributed by atoms with van der Waals surface area (Å²) in [5.41, 5.74) is 0.796. The first kappa shape index (κ1) is 16.5. The Hall–Kier alpha value is -2.33. The normalized spacial score (nSPS) is 18.1. The number of carbonyl (C=O) groups is 1. The van der Waals surface area contributed by atoms with E-state index in [1.807, 2.05) is 54.6 Å². The molecule has 0 radical (unpaired) electrons. The summed E-state index contributed by atoms with van der Waals surface area (Å²) in [4.78, 5) is 14.5. The van der Waals surface area contributed by atoms with Crippen molar-refractivity contribution in [1.29, 1.82) is 0 Å². The number of ether oxygens (including phenoxy) is 1. The van der Waals surface area contributed by atoms with Crippen LogP contribution in [0.2, 0.25) is 0 Å². The van der Waals surface area contributed by atoms with E-state index in [1.54, 1.807) is 0 Å². The van der Waals surface area contributed by atoms with Crippen molar-refractivity contribution >= 4 is 11.6 Å². The zero-order chi connectivity index (χ0) is 16.8. The zero-order valence-electron chi connectivity index (χ0n) is 14.1. The van der Waals surface area contributed by atoms with Crippen LogP contribution in [0.1, 0.15) is 26.2 Å². The molecule has 1 fully saturated rings. The number of nitrogens with zero attached hydrogens (tertiary/aromatic N) is 1. The van der Waals surface area contributed by atoms with Crippen molar-refractivity contribution in [3.05, 3.63) is 54.6 Å². The van der Waals surface area contributed by atoms with Gasteiger partial charge in [0, 0.05) is 11.7 Å². The molecule has 1 N–H and O–H groups in total. The third-order valence-electron chi connectivity index (χ3n) is 4.40. The van der Waals surface area contributed by atoms with E-state index in [4.69, 9.17) is 4.74 Å². The van der Waals surface area contributed by atoms with Crippen LogP contribution >= 0.6 is 0 Å². The van der Waals surface area contributed by atoms with Crippen LogP contribution in [0, 0.1) is 0 Å². The highest BCUT2D eigenvalue weighted by molar-refractivity contribution is 5.92. The van der Waals surface area contributed by atoms with Gasteiger partial charge in [0.25, 0.3) is 0 Å². The van der Waals surface area contributed by atoms with Crippen molar-refractivity contribution in [2.45, 2.75) is 32.2 Å². The van der Waals surface area contributed by atoms with E-state index in [0.29, 0.717) is 12.6 Å². The van der Waals surface area contributed by atoms with Crippen molar-refractivity contribution in [3.63, 3.8) is 0 Å². The molecule has 2 aromatic carbocycles. The van der Waals surface area contributed by atoms with Gasteiger partial charge in [-0.15, -0.1) is 0 Å². The zero-order valence-corrected chi connectivity index (χ0v) is 14.1. The van der Waals surface area contributed by atoms with Crippen LogP contribution in [-0.4, -0.2) is 29.9 Å². The fourth-order valence-electron chi connectivity index (χ4n) is 3.01. The van der Waals surface area contributed by atoms with E-state index in [1.165, 1.54) is 19.3 Å². The van der Waals surface area contributed by atoms with Gasteiger partial charge in [-0.25, -0.2) is 0 Å². The third kappa shape index (κ3) is 4.59. The van der Waals surface area contributed by atoms with Crippen LogP contribution in [0.4, 0.5) is 5.69 Å². The topological polar surface area (TPSA) is 41.6 Å². The lowest BCUT2D eigenvalue weighted by Gasteiger charge is -2.32. The first-order valence-electron chi connectivity index (χ1n) is 8.57. The van der Waals surface area contributed by atoms with Gasteiger partial charge < -0.3 is 10.1 Å². The van der Waals surface area contributed by atoms with Crippen LogP contribution in [0.15, 0.2) is 54.6 Å². The molecule has 1 aliphatic heterocycles. The van der Waals surface area contributed by atoms with Crippen LogP contribution in [-0.2, 0) is 4.79 Å². The van der Waals surface area contributed by atoms with Crippen molar-refractivity contribution in [1.82, 2.24) is 4.90 Å². The second kappa shape index (κ2) is 7.97. The van der Waals surface area contributed by atoms with Gasteiger partial charge in [0.1, 0.15) is 11.5 Å². The first-order chi connectivity index (χ1) is 11.7. The number of hydrogen-bond acceptors (Lipinski definition) is 3. The van der Waals surface area contributed by atoms with Gasteiger partial charge in [-0.05, 0) is 62.7 Å². The van der Waals surface area contributed by atoms with Crippen LogP contribution in [0.3, 0.4) is 0 Å². The summed E-state index contributed by atoms with van der Waals surface area (Å²) in [5.74, 6) is 1.60. The monoisotopic (exact) mass is 324 g/mol. The number of likely N-dealkylation sites (tertiary alicyclic amines) is 1. The van der Waals surface area contributed by atoms with Gasteiger partial charge in [0.2, 0.25) is 5.91 Å². The number of hydrogen-bond donors (Lipinski definition) is 1. The number of piperidine rings is 1. The average Bonchev–Trinajstić information content (AvgIpc) is 2.60. The second-order valence-electron chi connectivity index (χ2n) is 6.30. The molecule has 0 aliphatic carbocycles. The average molecular weight is 324 g/mol. The van der Waals surface area contributed by atoms with Crippen LogP contribution in [0.25, 0.3) is 0 Å². The summed E-state index contributed by atoms with van der Waals surface area (Å²) in [6.45, 7) is 3.67. The molecule has 0 bridgehead atoms. The number of amides is 1. The molecule has 1 aliphatic rings. The predicted molar refractivity (Wildman–Crippen MR) is 96.5 cm³/mol. The highest BCUT2D eigenvalue weighted by Crippen LogP contribution is 2.22. The highest BCUT2D eigenvalue weighted by Gasteiger charge is 2.20. The van der Waals surface area contributed by atoms with Crippen molar-refractivity contribution in [3.8, 4) is 11.5 Å². The minimum atomic E-state index is 0.0421. The summed E-state index contributed by atoms with van der Waals surface area (Å²) in [6.07, 6.45) is 3.63. The molecule has 0 saturated carbocycles. The van der Waals surface area contributed by atoms with Crippen molar-refractivity contribution in [2.24, 2.45) is 0 Å². The van der Waals surface area contributed by atoms with E-state index in [2.05, 4.69) is 17.1 Å². The smallest absolute Gasteiger partial charge is 0.238 e. The Morgan fingerprint density at radius 2 is 1.79 bits per heavy atom. The third-order valence-corrected chi connectivity index (χ3v) is 4.40. The van der Waals surface area contributed by atoms with Gasteiger partial charge in [-0.1, -0.05) is 24.6 Å². The fraction of sp³-hybridized carbons (Fsp3) is 0.350. The molecule has 1 heterocycles. The Morgan fingerprint density at radius 3 is 2.50 bits per heavy atom. The maximum atomic E-state index is 12.2. The number of carbonyl (C=O) groups excluding carboxylic acids is 1. The Labute approximate surface area is 143 Å². The quantitative estimate of drug-likeness (QED) is 0.892. The molecule has 2 aromatic rings. The summed E-state index contributed by atoms with van der Waals surface area (Å²) in [7, 11) is 0. The Bertz CT molecular complexity index is 655. The number of anilines is 1. The predicted octanol–water partition coefficient (Wildman–Crippen LogP) is 4.29. The molecule has 126 valence electrons. The molecule has 0 aromatic heterocycles. The molecule has 0 unspecified atom stereocenters. The Balaban J connectivity index is 1.53. The van der Waals surface area contributed by atoms with E-state index in [-0.39, 0.29) is 5.91 Å². The fourth-order valence-corrected chi connectivity index (χ4v) is 3.01. The molecule has 0 spiro atoms. The second-order valence-corrected chi connectivity index (χ2v) is 6.30. The Kier molecular flexibility index (Phi) is 5.49. The lowest BCUT2D eigenvalue weighted by Crippen LogP contribution is -2.42. The highest BCUT2D eigenvalue weighted by atomic mass is 16.5. The summed E-state index contributed by atoms with van der Waals surface area (Å²) >= 11 is 0. The molecule has 1 saturated heterocycles. The molecule has 1 atom stereocenters. The van der Waals surface area contributed by atoms with E-state index < -0.39 is 0 Å². The summed E-state index contributed by atoms with van der Waals surface area (Å²) < 4.78 is 5.75. The standard InChI is InChI=1S/C20H24N2O2/c1-16-7-5-6-14-22(16)15-20(23)21-17-10-12-19(13-11-17)24-18-8-3-2-4-9-18/h2-4,8-13,16H,5-7,14-15H2,1H3,(H,21,23)/t16-/m1/s1. The maximum absolute atomic E-state index is 12.2. The number of benzene rings is 2. The first-order valence-corrected chi connectivity index (χ1v) is 8.57. The maximum Gasteiger partial charge on any atom is 0.238 e. The van der Waals surface area contributed by atoms with Gasteiger partial charge in [-0.2, -0.15) is 0 Å². The largest absolute Gasteiger partial charge is 0.457 e. The van der Waals surface area contributed by atoms with Gasteiger partial charge in [-0.3, -0.25) is 9.69 Å². The number of nitrogens with one attached hydrogen (secondary N) is 1. The molecular weight excluding hydrogens is 300 g/mol. The molecule has 4 nitrogen and oxygen atoms in total. The molecule has 3 rings (SSSR count). The van der Waals surface area contributed by atoms with Crippen LogP contribution < -0.4 is 10.1 Å². The van der Waals surface area contributed by atoms with Crippen LogP contribution in [0.5, 0.6) is 11.5 Å². The molecular formula is C20H24N2O2. The number of rotatable bonds is 5. The van der Waals surface area contributed by atoms with E-state index in [9.17, 15) is 4.79 Å². The molecule has 4 heteroatoms. The minimum absolute atomic E-state index is 0.0421. The summed E-state index contributed by atoms with van der Waals surface area (Å²) in [6, 6.07) is 17.6. The van der Waals surface area contributed by atoms with E-state index in [0.717, 1.165) is 23.7 Å².